The molecule has 1 aromatic rings. The summed E-state index contributed by atoms with van der Waals surface area (Å²) >= 11 is 0. The van der Waals surface area contributed by atoms with Gasteiger partial charge in [-0.3, -0.25) is 9.59 Å². The van der Waals surface area contributed by atoms with Crippen molar-refractivity contribution in [3.63, 3.8) is 0 Å². The molecule has 4 N–H and O–H groups in total. The van der Waals surface area contributed by atoms with Gasteiger partial charge in [0.2, 0.25) is 11.8 Å². The fourth-order valence-corrected chi connectivity index (χ4v) is 1.56. The van der Waals surface area contributed by atoms with E-state index in [-0.39, 0.29) is 11.8 Å². The third kappa shape index (κ3) is 5.09. The fraction of sp³-hybridized carbons (Fsp3) is 0.429. The summed E-state index contributed by atoms with van der Waals surface area (Å²) in [6.45, 7) is 3.78. The van der Waals surface area contributed by atoms with Crippen molar-refractivity contribution in [3.05, 3.63) is 24.3 Å². The Morgan fingerprint density at radius 2 is 1.63 bits per heavy atom. The van der Waals surface area contributed by atoms with E-state index in [4.69, 9.17) is 5.73 Å². The van der Waals surface area contributed by atoms with E-state index in [0.717, 1.165) is 6.42 Å². The molecule has 2 amide bonds. The maximum Gasteiger partial charge on any atom is 0.241 e. The van der Waals surface area contributed by atoms with Crippen molar-refractivity contribution in [1.82, 2.24) is 0 Å². The van der Waals surface area contributed by atoms with E-state index in [2.05, 4.69) is 10.6 Å². The summed E-state index contributed by atoms with van der Waals surface area (Å²) in [4.78, 5) is 22.9. The van der Waals surface area contributed by atoms with Gasteiger partial charge in [0, 0.05) is 17.8 Å². The Morgan fingerprint density at radius 3 is 2.11 bits per heavy atom. The van der Waals surface area contributed by atoms with Gasteiger partial charge < -0.3 is 16.4 Å². The zero-order valence-electron chi connectivity index (χ0n) is 11.4. The molecule has 1 aromatic carbocycles. The molecule has 0 aliphatic heterocycles. The first-order valence-electron chi connectivity index (χ1n) is 6.53. The van der Waals surface area contributed by atoms with Crippen molar-refractivity contribution >= 4 is 23.2 Å². The molecule has 0 spiro atoms. The molecule has 0 bridgehead atoms. The largest absolute Gasteiger partial charge is 0.326 e. The summed E-state index contributed by atoms with van der Waals surface area (Å²) < 4.78 is 0. The lowest BCUT2D eigenvalue weighted by Crippen LogP contribution is -2.35. The molecule has 0 aromatic heterocycles. The minimum absolute atomic E-state index is 0.0400. The predicted octanol–water partition coefficient (Wildman–Crippen LogP) is 2.10. The lowest BCUT2D eigenvalue weighted by atomic mass is 10.1. The third-order valence-corrected chi connectivity index (χ3v) is 2.69. The SMILES string of the molecule is CCC[C@H](N)C(=O)Nc1ccc(NC(=O)CC)cc1. The highest BCUT2D eigenvalue weighted by atomic mass is 16.2. The number of benzene rings is 1. The van der Waals surface area contributed by atoms with Gasteiger partial charge in [-0.2, -0.15) is 0 Å². The summed E-state index contributed by atoms with van der Waals surface area (Å²) in [5, 5.41) is 5.48. The molecule has 0 fully saturated rings. The van der Waals surface area contributed by atoms with E-state index >= 15 is 0 Å². The highest BCUT2D eigenvalue weighted by Crippen LogP contribution is 2.14. The average Bonchev–Trinajstić information content (AvgIpc) is 2.41. The first-order valence-corrected chi connectivity index (χ1v) is 6.53. The summed E-state index contributed by atoms with van der Waals surface area (Å²) in [5.41, 5.74) is 7.10. The zero-order chi connectivity index (χ0) is 14.3. The van der Waals surface area contributed by atoms with Crippen LogP contribution in [-0.2, 0) is 9.59 Å². The van der Waals surface area contributed by atoms with Crippen molar-refractivity contribution in [2.45, 2.75) is 39.2 Å². The van der Waals surface area contributed by atoms with Crippen LogP contribution in [0.1, 0.15) is 33.1 Å². The molecular weight excluding hydrogens is 242 g/mol. The monoisotopic (exact) mass is 263 g/mol. The van der Waals surface area contributed by atoms with Crippen molar-refractivity contribution in [2.75, 3.05) is 10.6 Å². The fourth-order valence-electron chi connectivity index (χ4n) is 1.56. The summed E-state index contributed by atoms with van der Waals surface area (Å²) in [6.07, 6.45) is 1.97. The lowest BCUT2D eigenvalue weighted by molar-refractivity contribution is -0.117. The smallest absolute Gasteiger partial charge is 0.241 e. The van der Waals surface area contributed by atoms with Crippen LogP contribution in [0.15, 0.2) is 24.3 Å². The number of amides is 2. The van der Waals surface area contributed by atoms with E-state index in [1.54, 1.807) is 31.2 Å². The third-order valence-electron chi connectivity index (χ3n) is 2.69. The van der Waals surface area contributed by atoms with Crippen molar-refractivity contribution in [3.8, 4) is 0 Å². The number of rotatable bonds is 6. The molecule has 5 nitrogen and oxygen atoms in total. The number of hydrogen-bond donors (Lipinski definition) is 3. The second kappa shape index (κ2) is 7.53. The molecule has 5 heteroatoms. The van der Waals surface area contributed by atoms with Crippen LogP contribution in [0.2, 0.25) is 0 Å². The van der Waals surface area contributed by atoms with E-state index in [1.807, 2.05) is 6.92 Å². The number of nitrogens with one attached hydrogen (secondary N) is 2. The molecule has 0 unspecified atom stereocenters. The van der Waals surface area contributed by atoms with Crippen molar-refractivity contribution in [1.29, 1.82) is 0 Å². The molecule has 19 heavy (non-hydrogen) atoms. The van der Waals surface area contributed by atoms with Gasteiger partial charge in [-0.1, -0.05) is 20.3 Å². The van der Waals surface area contributed by atoms with Crippen LogP contribution in [0, 0.1) is 0 Å². The Balaban J connectivity index is 2.57. The summed E-state index contributed by atoms with van der Waals surface area (Å²) in [7, 11) is 0. The molecule has 0 saturated carbocycles. The summed E-state index contributed by atoms with van der Waals surface area (Å²) in [6, 6.07) is 6.48. The topological polar surface area (TPSA) is 84.2 Å². The highest BCUT2D eigenvalue weighted by molar-refractivity contribution is 5.95. The van der Waals surface area contributed by atoms with Gasteiger partial charge in [0.1, 0.15) is 0 Å². The lowest BCUT2D eigenvalue weighted by Gasteiger charge is -2.11. The molecule has 0 heterocycles. The zero-order valence-corrected chi connectivity index (χ0v) is 11.4. The molecule has 1 atom stereocenters. The Labute approximate surface area is 113 Å². The maximum atomic E-state index is 11.7. The van der Waals surface area contributed by atoms with Gasteiger partial charge in [0.15, 0.2) is 0 Å². The van der Waals surface area contributed by atoms with Crippen LogP contribution < -0.4 is 16.4 Å². The number of carbonyl (C=O) groups is 2. The molecular formula is C14H21N3O2. The normalized spacial score (nSPS) is 11.7. The van der Waals surface area contributed by atoms with Gasteiger partial charge >= 0.3 is 0 Å². The van der Waals surface area contributed by atoms with Gasteiger partial charge in [0.05, 0.1) is 6.04 Å². The second-order valence-electron chi connectivity index (χ2n) is 4.36. The van der Waals surface area contributed by atoms with Crippen molar-refractivity contribution < 1.29 is 9.59 Å². The quantitative estimate of drug-likeness (QED) is 0.734. The van der Waals surface area contributed by atoms with E-state index < -0.39 is 6.04 Å². The van der Waals surface area contributed by atoms with Crippen LogP contribution >= 0.6 is 0 Å². The van der Waals surface area contributed by atoms with Crippen LogP contribution in [0.5, 0.6) is 0 Å². The van der Waals surface area contributed by atoms with Gasteiger partial charge in [-0.15, -0.1) is 0 Å². The molecule has 0 radical (unpaired) electrons. The Morgan fingerprint density at radius 1 is 1.11 bits per heavy atom. The van der Waals surface area contributed by atoms with Gasteiger partial charge in [0.25, 0.3) is 0 Å². The molecule has 104 valence electrons. The second-order valence-corrected chi connectivity index (χ2v) is 4.36. The first kappa shape index (κ1) is 15.2. The van der Waals surface area contributed by atoms with Crippen LogP contribution in [0.25, 0.3) is 0 Å². The van der Waals surface area contributed by atoms with Gasteiger partial charge in [-0.25, -0.2) is 0 Å². The van der Waals surface area contributed by atoms with Crippen molar-refractivity contribution in [2.24, 2.45) is 5.73 Å². The minimum Gasteiger partial charge on any atom is -0.326 e. The number of anilines is 2. The first-order chi connectivity index (χ1) is 9.06. The van der Waals surface area contributed by atoms with Gasteiger partial charge in [-0.05, 0) is 30.7 Å². The number of hydrogen-bond acceptors (Lipinski definition) is 3. The van der Waals surface area contributed by atoms with E-state index in [1.165, 1.54) is 0 Å². The van der Waals surface area contributed by atoms with Crippen LogP contribution in [0.3, 0.4) is 0 Å². The number of carbonyl (C=O) groups excluding carboxylic acids is 2. The molecule has 0 saturated heterocycles. The maximum absolute atomic E-state index is 11.7. The summed E-state index contributed by atoms with van der Waals surface area (Å²) in [5.74, 6) is -0.228. The Kier molecular flexibility index (Phi) is 6.02. The Bertz CT molecular complexity index is 429. The molecule has 1 rings (SSSR count). The van der Waals surface area contributed by atoms with Crippen LogP contribution in [0.4, 0.5) is 11.4 Å². The van der Waals surface area contributed by atoms with E-state index in [0.29, 0.717) is 24.2 Å². The number of nitrogens with two attached hydrogens (primary N) is 1. The minimum atomic E-state index is -0.482. The standard InChI is InChI=1S/C14H21N3O2/c1-3-5-12(15)14(19)17-11-8-6-10(7-9-11)16-13(18)4-2/h6-9,12H,3-5,15H2,1-2H3,(H,16,18)(H,17,19)/t12-/m0/s1. The predicted molar refractivity (Wildman–Crippen MR) is 76.9 cm³/mol. The highest BCUT2D eigenvalue weighted by Gasteiger charge is 2.12. The van der Waals surface area contributed by atoms with Crippen LogP contribution in [-0.4, -0.2) is 17.9 Å². The van der Waals surface area contributed by atoms with E-state index in [9.17, 15) is 9.59 Å². The Hall–Kier alpha value is -1.88. The molecule has 0 aliphatic carbocycles. The average molecular weight is 263 g/mol. The molecule has 0 aliphatic rings.